The maximum Gasteiger partial charge on any atom is 0.253 e. The predicted molar refractivity (Wildman–Crippen MR) is 56.0 cm³/mol. The third-order valence-electron chi connectivity index (χ3n) is 1.91. The smallest absolute Gasteiger partial charge is 0.253 e. The van der Waals surface area contributed by atoms with E-state index < -0.39 is 0 Å². The molecule has 15 heavy (non-hydrogen) atoms. The van der Waals surface area contributed by atoms with Crippen molar-refractivity contribution in [1.82, 2.24) is 15.5 Å². The van der Waals surface area contributed by atoms with Crippen LogP contribution in [0.15, 0.2) is 10.6 Å². The fourth-order valence-electron chi connectivity index (χ4n) is 1.11. The van der Waals surface area contributed by atoms with E-state index in [4.69, 9.17) is 4.52 Å². The summed E-state index contributed by atoms with van der Waals surface area (Å²) in [5.74, 6) is 0.767. The first-order valence-electron chi connectivity index (χ1n) is 4.87. The van der Waals surface area contributed by atoms with Crippen molar-refractivity contribution in [1.29, 1.82) is 0 Å². The fraction of sp³-hybridized carbons (Fsp3) is 0.500. The number of carbonyl (C=O) groups excluding carboxylic acids is 1. The van der Waals surface area contributed by atoms with Gasteiger partial charge in [0, 0.05) is 12.6 Å². The maximum absolute atomic E-state index is 11.0. The van der Waals surface area contributed by atoms with E-state index in [2.05, 4.69) is 15.5 Å². The van der Waals surface area contributed by atoms with Crippen LogP contribution in [0.3, 0.4) is 0 Å². The first-order valence-corrected chi connectivity index (χ1v) is 4.87. The molecule has 0 saturated carbocycles. The monoisotopic (exact) mass is 209 g/mol. The number of likely N-dealkylation sites (N-methyl/N-ethyl adjacent to an activating group) is 1. The molecule has 1 amide bonds. The molecular weight excluding hydrogens is 194 g/mol. The normalized spacial score (nSPS) is 11.5. The topological polar surface area (TPSA) is 68.0 Å². The summed E-state index contributed by atoms with van der Waals surface area (Å²) in [6.07, 6.45) is 3.07. The van der Waals surface area contributed by atoms with Gasteiger partial charge in [-0.15, -0.1) is 0 Å². The lowest BCUT2D eigenvalue weighted by Gasteiger charge is -1.92. The van der Waals surface area contributed by atoms with Gasteiger partial charge < -0.3 is 9.84 Å². The van der Waals surface area contributed by atoms with Gasteiger partial charge in [-0.05, 0) is 13.3 Å². The van der Waals surface area contributed by atoms with Crippen LogP contribution >= 0.6 is 0 Å². The lowest BCUT2D eigenvalue weighted by atomic mass is 10.2. The molecule has 5 nitrogen and oxygen atoms in total. The van der Waals surface area contributed by atoms with Gasteiger partial charge in [-0.1, -0.05) is 18.2 Å². The number of aromatic nitrogens is 2. The molecule has 0 aliphatic carbocycles. The fourth-order valence-corrected chi connectivity index (χ4v) is 1.11. The van der Waals surface area contributed by atoms with E-state index >= 15 is 0 Å². The van der Waals surface area contributed by atoms with Gasteiger partial charge in [-0.2, -0.15) is 4.98 Å². The Bertz CT molecular complexity index is 368. The lowest BCUT2D eigenvalue weighted by molar-refractivity contribution is -0.120. The summed E-state index contributed by atoms with van der Waals surface area (Å²) in [6, 6.07) is 0. The van der Waals surface area contributed by atoms with Crippen molar-refractivity contribution in [3.05, 3.63) is 17.8 Å². The summed E-state index contributed by atoms with van der Waals surface area (Å²) in [6.45, 7) is 3.94. The summed E-state index contributed by atoms with van der Waals surface area (Å²) < 4.78 is 5.01. The number of hydrogen-bond acceptors (Lipinski definition) is 4. The SMILES string of the molecule is CCC=C(C)c1nc(CC(=O)NC)no1. The molecule has 5 heteroatoms. The lowest BCUT2D eigenvalue weighted by Crippen LogP contribution is -2.20. The summed E-state index contributed by atoms with van der Waals surface area (Å²) in [4.78, 5) is 15.1. The Morgan fingerprint density at radius 1 is 1.60 bits per heavy atom. The molecule has 1 aromatic rings. The highest BCUT2D eigenvalue weighted by Crippen LogP contribution is 2.11. The number of hydrogen-bond donors (Lipinski definition) is 1. The molecule has 82 valence electrons. The van der Waals surface area contributed by atoms with Gasteiger partial charge >= 0.3 is 0 Å². The van der Waals surface area contributed by atoms with E-state index in [9.17, 15) is 4.79 Å². The van der Waals surface area contributed by atoms with Crippen LogP contribution < -0.4 is 5.32 Å². The van der Waals surface area contributed by atoms with Crippen molar-refractivity contribution >= 4 is 11.5 Å². The Kier molecular flexibility index (Phi) is 4.03. The molecule has 0 bridgehead atoms. The zero-order valence-corrected chi connectivity index (χ0v) is 9.20. The van der Waals surface area contributed by atoms with Gasteiger partial charge in [-0.3, -0.25) is 4.79 Å². The predicted octanol–water partition coefficient (Wildman–Crippen LogP) is 1.17. The van der Waals surface area contributed by atoms with Crippen LogP contribution in [0.1, 0.15) is 32.0 Å². The molecule has 1 heterocycles. The second kappa shape index (κ2) is 5.29. The average molecular weight is 209 g/mol. The van der Waals surface area contributed by atoms with Crippen molar-refractivity contribution in [2.75, 3.05) is 7.05 Å². The number of nitrogens with zero attached hydrogens (tertiary/aromatic N) is 2. The quantitative estimate of drug-likeness (QED) is 0.808. The number of amides is 1. The van der Waals surface area contributed by atoms with Crippen molar-refractivity contribution in [3.8, 4) is 0 Å². The van der Waals surface area contributed by atoms with Crippen molar-refractivity contribution < 1.29 is 9.32 Å². The molecule has 0 aromatic carbocycles. The van der Waals surface area contributed by atoms with Crippen LogP contribution in [0.5, 0.6) is 0 Å². The highest BCUT2D eigenvalue weighted by molar-refractivity contribution is 5.77. The number of carbonyl (C=O) groups is 1. The third-order valence-corrected chi connectivity index (χ3v) is 1.91. The standard InChI is InChI=1S/C10H15N3O2/c1-4-5-7(2)10-12-8(13-15-10)6-9(14)11-3/h5H,4,6H2,1-3H3,(H,11,14). The molecule has 0 radical (unpaired) electrons. The highest BCUT2D eigenvalue weighted by atomic mass is 16.5. The van der Waals surface area contributed by atoms with Gasteiger partial charge in [0.1, 0.15) is 0 Å². The summed E-state index contributed by atoms with van der Waals surface area (Å²) in [7, 11) is 1.57. The van der Waals surface area contributed by atoms with E-state index in [-0.39, 0.29) is 12.3 Å². The van der Waals surface area contributed by atoms with Crippen LogP contribution in [0.4, 0.5) is 0 Å². The number of nitrogens with one attached hydrogen (secondary N) is 1. The number of rotatable bonds is 4. The molecule has 0 aliphatic rings. The first kappa shape index (κ1) is 11.4. The minimum Gasteiger partial charge on any atom is -0.359 e. The molecular formula is C10H15N3O2. The molecule has 1 N–H and O–H groups in total. The van der Waals surface area contributed by atoms with Crippen molar-refractivity contribution in [2.24, 2.45) is 0 Å². The number of allylic oxidation sites excluding steroid dienone is 2. The minimum absolute atomic E-state index is 0.125. The van der Waals surface area contributed by atoms with Gasteiger partial charge in [-0.25, -0.2) is 0 Å². The molecule has 0 aliphatic heterocycles. The zero-order valence-electron chi connectivity index (χ0n) is 9.20. The van der Waals surface area contributed by atoms with Gasteiger partial charge in [0.2, 0.25) is 5.91 Å². The van der Waals surface area contributed by atoms with Crippen LogP contribution in [-0.2, 0) is 11.2 Å². The maximum atomic E-state index is 11.0. The van der Waals surface area contributed by atoms with Crippen LogP contribution in [0, 0.1) is 0 Å². The van der Waals surface area contributed by atoms with E-state index in [0.717, 1.165) is 12.0 Å². The Morgan fingerprint density at radius 3 is 2.93 bits per heavy atom. The molecule has 1 aromatic heterocycles. The van der Waals surface area contributed by atoms with E-state index in [1.807, 2.05) is 19.9 Å². The largest absolute Gasteiger partial charge is 0.359 e. The van der Waals surface area contributed by atoms with E-state index in [1.165, 1.54) is 0 Å². The van der Waals surface area contributed by atoms with E-state index in [0.29, 0.717) is 11.7 Å². The van der Waals surface area contributed by atoms with Crippen LogP contribution in [0.2, 0.25) is 0 Å². The Labute approximate surface area is 88.6 Å². The second-order valence-electron chi connectivity index (χ2n) is 3.16. The molecule has 0 unspecified atom stereocenters. The Hall–Kier alpha value is -1.65. The van der Waals surface area contributed by atoms with Crippen molar-refractivity contribution in [3.63, 3.8) is 0 Å². The van der Waals surface area contributed by atoms with Crippen LogP contribution in [-0.4, -0.2) is 23.1 Å². The summed E-state index contributed by atoms with van der Waals surface area (Å²) in [5, 5.41) is 6.22. The third kappa shape index (κ3) is 3.19. The summed E-state index contributed by atoms with van der Waals surface area (Å²) >= 11 is 0. The molecule has 0 atom stereocenters. The second-order valence-corrected chi connectivity index (χ2v) is 3.16. The molecule has 1 rings (SSSR count). The highest BCUT2D eigenvalue weighted by Gasteiger charge is 2.10. The molecule has 0 fully saturated rings. The zero-order chi connectivity index (χ0) is 11.3. The Morgan fingerprint density at radius 2 is 2.33 bits per heavy atom. The van der Waals surface area contributed by atoms with E-state index in [1.54, 1.807) is 7.05 Å². The van der Waals surface area contributed by atoms with Gasteiger partial charge in [0.05, 0.1) is 6.42 Å². The van der Waals surface area contributed by atoms with Gasteiger partial charge in [0.15, 0.2) is 5.82 Å². The Balaban J connectivity index is 2.72. The minimum atomic E-state index is -0.125. The molecule has 0 saturated heterocycles. The van der Waals surface area contributed by atoms with Crippen LogP contribution in [0.25, 0.3) is 5.57 Å². The first-order chi connectivity index (χ1) is 7.17. The average Bonchev–Trinajstić information content (AvgIpc) is 2.66. The molecule has 0 spiro atoms. The van der Waals surface area contributed by atoms with Gasteiger partial charge in [0.25, 0.3) is 5.89 Å². The summed E-state index contributed by atoms with van der Waals surface area (Å²) in [5.41, 5.74) is 0.938. The van der Waals surface area contributed by atoms with Crippen molar-refractivity contribution in [2.45, 2.75) is 26.7 Å².